The van der Waals surface area contributed by atoms with Gasteiger partial charge in [-0.1, -0.05) is 11.6 Å². The molecule has 0 aromatic rings. The highest BCUT2D eigenvalue weighted by molar-refractivity contribution is 6.50. The van der Waals surface area contributed by atoms with Gasteiger partial charge in [0.25, 0.3) is 0 Å². The van der Waals surface area contributed by atoms with E-state index < -0.39 is 0 Å². The molecule has 0 atom stereocenters. The van der Waals surface area contributed by atoms with Gasteiger partial charge in [0.1, 0.15) is 0 Å². The van der Waals surface area contributed by atoms with Crippen molar-refractivity contribution in [1.82, 2.24) is 0 Å². The molecule has 0 rings (SSSR count). The van der Waals surface area contributed by atoms with Crippen LogP contribution >= 0.6 is 11.6 Å². The minimum absolute atomic E-state index is 0.0679. The first kappa shape index (κ1) is 8.25. The molecule has 0 spiro atoms. The average molecular weight is 149 g/mol. The van der Waals surface area contributed by atoms with Gasteiger partial charge < -0.3 is 0 Å². The maximum absolute atomic E-state index is 5.52. The van der Waals surface area contributed by atoms with Crippen LogP contribution in [-0.2, 0) is 0 Å². The summed E-state index contributed by atoms with van der Waals surface area (Å²) in [5.74, 6) is 0. The minimum Gasteiger partial charge on any atom is -0.131 e. The van der Waals surface area contributed by atoms with E-state index in [4.69, 9.17) is 11.6 Å². The molecular formula is C6H13ClSi. The number of allylic oxidation sites excluding steroid dienone is 2. The van der Waals surface area contributed by atoms with Crippen LogP contribution in [0.3, 0.4) is 0 Å². The summed E-state index contributed by atoms with van der Waals surface area (Å²) in [6.07, 6.45) is 2.27. The first-order valence-electron chi connectivity index (χ1n) is 2.96. The molecule has 0 radical (unpaired) electrons. The van der Waals surface area contributed by atoms with Gasteiger partial charge in [-0.2, -0.15) is 0 Å². The Morgan fingerprint density at radius 3 is 2.62 bits per heavy atom. The summed E-state index contributed by atoms with van der Waals surface area (Å²) in [6.45, 7) is 4.26. The lowest BCUT2D eigenvalue weighted by Gasteiger charge is -1.87. The van der Waals surface area contributed by atoms with Crippen molar-refractivity contribution in [3.63, 3.8) is 0 Å². The van der Waals surface area contributed by atoms with Crippen molar-refractivity contribution in [3.8, 4) is 0 Å². The fourth-order valence-electron chi connectivity index (χ4n) is 0.468. The van der Waals surface area contributed by atoms with Gasteiger partial charge in [0, 0.05) is 15.0 Å². The molecule has 0 aromatic carbocycles. The minimum atomic E-state index is 0.0679. The first-order chi connectivity index (χ1) is 3.77. The van der Waals surface area contributed by atoms with Gasteiger partial charge in [-0.25, -0.2) is 0 Å². The van der Waals surface area contributed by atoms with Gasteiger partial charge in [-0.15, -0.1) is 11.6 Å². The Balaban J connectivity index is 3.03. The zero-order valence-electron chi connectivity index (χ0n) is 5.58. The molecule has 0 saturated carbocycles. The quantitative estimate of drug-likeness (QED) is 0.248. The van der Waals surface area contributed by atoms with Crippen LogP contribution in [0.5, 0.6) is 0 Å². The van der Waals surface area contributed by atoms with Crippen molar-refractivity contribution in [2.24, 2.45) is 0 Å². The smallest absolute Gasteiger partial charge is 0.0417 e. The van der Waals surface area contributed by atoms with Crippen molar-refractivity contribution >= 4 is 21.1 Å². The highest BCUT2D eigenvalue weighted by Crippen LogP contribution is 1.92. The molecule has 0 heterocycles. The van der Waals surface area contributed by atoms with Gasteiger partial charge in [-0.05, 0) is 19.9 Å². The second-order valence-corrected chi connectivity index (χ2v) is 4.91. The summed E-state index contributed by atoms with van der Waals surface area (Å²) in [4.78, 5) is 0. The van der Waals surface area contributed by atoms with Crippen molar-refractivity contribution in [2.45, 2.75) is 19.9 Å². The van der Waals surface area contributed by atoms with Crippen LogP contribution < -0.4 is 0 Å². The zero-order chi connectivity index (χ0) is 6.41. The van der Waals surface area contributed by atoms with Crippen molar-refractivity contribution < 1.29 is 0 Å². The fourth-order valence-corrected chi connectivity index (χ4v) is 1.87. The second kappa shape index (κ2) is 5.38. The van der Waals surface area contributed by atoms with Crippen LogP contribution in [0.1, 0.15) is 13.8 Å². The molecule has 48 valence electrons. The number of hydrogen-bond acceptors (Lipinski definition) is 0. The van der Waals surface area contributed by atoms with E-state index in [0.29, 0.717) is 0 Å². The molecule has 2 heteroatoms. The van der Waals surface area contributed by atoms with E-state index in [9.17, 15) is 0 Å². The third kappa shape index (κ3) is 6.25. The SMILES string of the molecule is CC(C)=CC[SiH2]CCl. The Kier molecular flexibility index (Phi) is 5.55. The van der Waals surface area contributed by atoms with Crippen molar-refractivity contribution in [3.05, 3.63) is 11.6 Å². The molecule has 0 aliphatic rings. The van der Waals surface area contributed by atoms with Crippen molar-refractivity contribution in [2.75, 3.05) is 5.50 Å². The molecule has 8 heavy (non-hydrogen) atoms. The third-order valence-corrected chi connectivity index (χ3v) is 2.66. The van der Waals surface area contributed by atoms with Gasteiger partial charge in [0.15, 0.2) is 0 Å². The maximum atomic E-state index is 5.52. The van der Waals surface area contributed by atoms with Gasteiger partial charge in [-0.3, -0.25) is 0 Å². The molecule has 0 aliphatic heterocycles. The normalized spacial score (nSPS) is 10.4. The predicted molar refractivity (Wildman–Crippen MR) is 43.5 cm³/mol. The van der Waals surface area contributed by atoms with Crippen LogP contribution in [0, 0.1) is 0 Å². The largest absolute Gasteiger partial charge is 0.131 e. The number of alkyl halides is 1. The maximum Gasteiger partial charge on any atom is 0.0417 e. The molecule has 0 aliphatic carbocycles. The van der Waals surface area contributed by atoms with Gasteiger partial charge in [0.2, 0.25) is 0 Å². The number of halogens is 1. The molecule has 0 bridgehead atoms. The topological polar surface area (TPSA) is 0 Å². The summed E-state index contributed by atoms with van der Waals surface area (Å²) >= 11 is 5.52. The summed E-state index contributed by atoms with van der Waals surface area (Å²) in [5, 5.41) is 0. The highest BCUT2D eigenvalue weighted by atomic mass is 35.5. The standard InChI is InChI=1S/C6H13ClSi/c1-6(2)3-4-8-5-7/h3H,4-5,8H2,1-2H3. The average Bonchev–Trinajstić information content (AvgIpc) is 1.66. The summed E-state index contributed by atoms with van der Waals surface area (Å²) in [7, 11) is 0.0679. The van der Waals surface area contributed by atoms with E-state index >= 15 is 0 Å². The lowest BCUT2D eigenvalue weighted by atomic mass is 10.3. The lowest BCUT2D eigenvalue weighted by Crippen LogP contribution is -1.87. The molecule has 0 N–H and O–H groups in total. The molecule has 0 nitrogen and oxygen atoms in total. The van der Waals surface area contributed by atoms with Gasteiger partial charge >= 0.3 is 0 Å². The van der Waals surface area contributed by atoms with E-state index in [0.717, 1.165) is 5.50 Å². The second-order valence-electron chi connectivity index (χ2n) is 2.11. The fraction of sp³-hybridized carbons (Fsp3) is 0.667. The van der Waals surface area contributed by atoms with Crippen LogP contribution in [0.2, 0.25) is 6.04 Å². The van der Waals surface area contributed by atoms with E-state index in [1.165, 1.54) is 11.6 Å². The molecule has 0 saturated heterocycles. The van der Waals surface area contributed by atoms with Crippen LogP contribution in [0.15, 0.2) is 11.6 Å². The van der Waals surface area contributed by atoms with E-state index in [2.05, 4.69) is 19.9 Å². The zero-order valence-corrected chi connectivity index (χ0v) is 7.75. The molecule has 0 unspecified atom stereocenters. The van der Waals surface area contributed by atoms with E-state index in [-0.39, 0.29) is 9.52 Å². The van der Waals surface area contributed by atoms with Crippen LogP contribution in [0.25, 0.3) is 0 Å². The first-order valence-corrected chi connectivity index (χ1v) is 5.50. The monoisotopic (exact) mass is 148 g/mol. The Morgan fingerprint density at radius 1 is 1.62 bits per heavy atom. The Hall–Kier alpha value is 0.247. The Morgan fingerprint density at radius 2 is 2.25 bits per heavy atom. The Labute approximate surface area is 58.8 Å². The molecule has 0 fully saturated rings. The third-order valence-electron chi connectivity index (χ3n) is 0.890. The van der Waals surface area contributed by atoms with E-state index in [1.54, 1.807) is 0 Å². The summed E-state index contributed by atoms with van der Waals surface area (Å²) < 4.78 is 0. The molecule has 0 amide bonds. The van der Waals surface area contributed by atoms with E-state index in [1.807, 2.05) is 0 Å². The predicted octanol–water partition coefficient (Wildman–Crippen LogP) is 1.74. The Bertz CT molecular complexity index is 74.6. The number of rotatable bonds is 3. The van der Waals surface area contributed by atoms with Gasteiger partial charge in [0.05, 0.1) is 0 Å². The van der Waals surface area contributed by atoms with Crippen LogP contribution in [-0.4, -0.2) is 15.0 Å². The molecular weight excluding hydrogens is 136 g/mol. The summed E-state index contributed by atoms with van der Waals surface area (Å²) in [5.41, 5.74) is 2.34. The number of hydrogen-bond donors (Lipinski definition) is 0. The van der Waals surface area contributed by atoms with Crippen molar-refractivity contribution in [1.29, 1.82) is 0 Å². The lowest BCUT2D eigenvalue weighted by molar-refractivity contribution is 1.36. The van der Waals surface area contributed by atoms with Crippen LogP contribution in [0.4, 0.5) is 0 Å². The highest BCUT2D eigenvalue weighted by Gasteiger charge is 1.80. The summed E-state index contributed by atoms with van der Waals surface area (Å²) in [6, 6.07) is 1.27. The molecule has 0 aromatic heterocycles.